The zero-order valence-electron chi connectivity index (χ0n) is 11.9. The molecule has 2 atom stereocenters. The summed E-state index contributed by atoms with van der Waals surface area (Å²) in [7, 11) is 0. The predicted octanol–water partition coefficient (Wildman–Crippen LogP) is 2.02. The molecule has 1 N–H and O–H groups in total. The molecular weight excluding hydrogens is 252 g/mol. The van der Waals surface area contributed by atoms with E-state index in [1.807, 2.05) is 38.1 Å². The van der Waals surface area contributed by atoms with Crippen molar-refractivity contribution < 1.29 is 9.59 Å². The van der Waals surface area contributed by atoms with Crippen molar-refractivity contribution >= 4 is 17.5 Å². The van der Waals surface area contributed by atoms with Gasteiger partial charge in [-0.25, -0.2) is 0 Å². The van der Waals surface area contributed by atoms with Gasteiger partial charge in [0.25, 0.3) is 5.91 Å². The molecule has 4 nitrogen and oxygen atoms in total. The molecule has 1 aliphatic heterocycles. The number of carbonyl (C=O) groups excluding carboxylic acids is 2. The fourth-order valence-corrected chi connectivity index (χ4v) is 2.86. The van der Waals surface area contributed by atoms with Crippen molar-refractivity contribution in [3.63, 3.8) is 0 Å². The Morgan fingerprint density at radius 3 is 2.40 bits per heavy atom. The van der Waals surface area contributed by atoms with E-state index in [0.29, 0.717) is 12.3 Å². The average Bonchev–Trinajstić information content (AvgIpc) is 3.26. The number of hydrogen-bond donors (Lipinski definition) is 1. The predicted molar refractivity (Wildman–Crippen MR) is 77.4 cm³/mol. The van der Waals surface area contributed by atoms with Gasteiger partial charge in [0.15, 0.2) is 0 Å². The number of nitrogens with zero attached hydrogens (tertiary/aromatic N) is 1. The first-order valence-electron chi connectivity index (χ1n) is 7.32. The number of piperazine rings is 1. The van der Waals surface area contributed by atoms with Crippen molar-refractivity contribution in [1.29, 1.82) is 0 Å². The van der Waals surface area contributed by atoms with Gasteiger partial charge in [-0.3, -0.25) is 14.5 Å². The number of anilines is 1. The van der Waals surface area contributed by atoms with Gasteiger partial charge in [-0.15, -0.1) is 0 Å². The van der Waals surface area contributed by atoms with Gasteiger partial charge in [0.2, 0.25) is 5.91 Å². The maximum Gasteiger partial charge on any atom is 0.250 e. The van der Waals surface area contributed by atoms with Gasteiger partial charge in [-0.2, -0.15) is 0 Å². The molecule has 2 aliphatic rings. The number of benzene rings is 1. The first kappa shape index (κ1) is 13.2. The van der Waals surface area contributed by atoms with E-state index in [2.05, 4.69) is 5.32 Å². The topological polar surface area (TPSA) is 49.4 Å². The molecule has 0 aromatic heterocycles. The van der Waals surface area contributed by atoms with Crippen LogP contribution >= 0.6 is 0 Å². The van der Waals surface area contributed by atoms with Gasteiger partial charge in [0, 0.05) is 5.69 Å². The molecule has 1 aromatic carbocycles. The summed E-state index contributed by atoms with van der Waals surface area (Å²) < 4.78 is 0. The van der Waals surface area contributed by atoms with E-state index in [1.54, 1.807) is 4.90 Å². The van der Waals surface area contributed by atoms with Crippen molar-refractivity contribution in [2.75, 3.05) is 4.90 Å². The summed E-state index contributed by atoms with van der Waals surface area (Å²) >= 11 is 0. The Morgan fingerprint density at radius 2 is 1.85 bits per heavy atom. The maximum atomic E-state index is 12.7. The monoisotopic (exact) mass is 272 g/mol. The number of nitrogens with one attached hydrogen (secondary N) is 1. The van der Waals surface area contributed by atoms with Gasteiger partial charge < -0.3 is 5.32 Å². The molecule has 2 fully saturated rings. The number of carbonyl (C=O) groups is 2. The lowest BCUT2D eigenvalue weighted by Gasteiger charge is -2.38. The highest BCUT2D eigenvalue weighted by atomic mass is 16.2. The van der Waals surface area contributed by atoms with E-state index >= 15 is 0 Å². The fourth-order valence-electron chi connectivity index (χ4n) is 2.86. The van der Waals surface area contributed by atoms with Crippen molar-refractivity contribution in [3.8, 4) is 0 Å². The third-order valence-electron chi connectivity index (χ3n) is 4.21. The van der Waals surface area contributed by atoms with Crippen LogP contribution in [0.5, 0.6) is 0 Å². The minimum Gasteiger partial charge on any atom is -0.342 e. The smallest absolute Gasteiger partial charge is 0.250 e. The molecule has 2 unspecified atom stereocenters. The normalized spacial score (nSPS) is 26.6. The molecule has 1 aromatic rings. The quantitative estimate of drug-likeness (QED) is 0.915. The first-order chi connectivity index (χ1) is 9.61. The second kappa shape index (κ2) is 4.93. The third-order valence-corrected chi connectivity index (χ3v) is 4.21. The Balaban J connectivity index is 1.95. The van der Waals surface area contributed by atoms with Gasteiger partial charge in [0.05, 0.1) is 0 Å². The Bertz CT molecular complexity index is 534. The van der Waals surface area contributed by atoms with E-state index in [0.717, 1.165) is 24.1 Å². The number of rotatable bonds is 3. The zero-order valence-corrected chi connectivity index (χ0v) is 11.9. The highest BCUT2D eigenvalue weighted by Crippen LogP contribution is 2.36. The molecule has 0 spiro atoms. The van der Waals surface area contributed by atoms with Gasteiger partial charge >= 0.3 is 0 Å². The molecule has 20 heavy (non-hydrogen) atoms. The summed E-state index contributed by atoms with van der Waals surface area (Å²) in [5, 5.41) is 2.91. The van der Waals surface area contributed by atoms with E-state index in [1.165, 1.54) is 0 Å². The summed E-state index contributed by atoms with van der Waals surface area (Å²) in [4.78, 5) is 26.7. The summed E-state index contributed by atoms with van der Waals surface area (Å²) in [5.74, 6) is 0.351. The molecule has 106 valence electrons. The summed E-state index contributed by atoms with van der Waals surface area (Å²) in [6.45, 7) is 3.95. The fraction of sp³-hybridized carbons (Fsp3) is 0.500. The number of amides is 2. The summed E-state index contributed by atoms with van der Waals surface area (Å²) in [6.07, 6.45) is 2.70. The Kier molecular flexibility index (Phi) is 3.24. The van der Waals surface area contributed by atoms with Gasteiger partial charge in [-0.1, -0.05) is 24.6 Å². The lowest BCUT2D eigenvalue weighted by Crippen LogP contribution is -2.64. The van der Waals surface area contributed by atoms with Crippen molar-refractivity contribution in [2.24, 2.45) is 5.92 Å². The second-order valence-electron chi connectivity index (χ2n) is 5.79. The third kappa shape index (κ3) is 2.19. The van der Waals surface area contributed by atoms with E-state index in [9.17, 15) is 9.59 Å². The molecule has 2 amide bonds. The molecule has 1 aliphatic carbocycles. The van der Waals surface area contributed by atoms with Crippen LogP contribution < -0.4 is 10.2 Å². The van der Waals surface area contributed by atoms with Crippen LogP contribution in [-0.4, -0.2) is 23.9 Å². The molecule has 4 heteroatoms. The van der Waals surface area contributed by atoms with Crippen LogP contribution in [0.25, 0.3) is 0 Å². The van der Waals surface area contributed by atoms with Crippen LogP contribution in [-0.2, 0) is 9.59 Å². The average molecular weight is 272 g/mol. The largest absolute Gasteiger partial charge is 0.342 e. The highest BCUT2D eigenvalue weighted by Gasteiger charge is 2.46. The SMILES string of the molecule is CCC1C(=O)NC(C2CC2)C(=O)N1c1ccc(C)cc1. The first-order valence-corrected chi connectivity index (χ1v) is 7.32. The number of hydrogen-bond acceptors (Lipinski definition) is 2. The summed E-state index contributed by atoms with van der Waals surface area (Å²) in [6, 6.07) is 7.10. The second-order valence-corrected chi connectivity index (χ2v) is 5.79. The Morgan fingerprint density at radius 1 is 1.20 bits per heavy atom. The van der Waals surface area contributed by atoms with Crippen molar-refractivity contribution in [2.45, 2.75) is 45.2 Å². The molecule has 0 radical (unpaired) electrons. The molecule has 1 saturated heterocycles. The van der Waals surface area contributed by atoms with Crippen molar-refractivity contribution in [3.05, 3.63) is 29.8 Å². The lowest BCUT2D eigenvalue weighted by molar-refractivity contribution is -0.134. The lowest BCUT2D eigenvalue weighted by atomic mass is 10.0. The van der Waals surface area contributed by atoms with Gasteiger partial charge in [-0.05, 0) is 44.2 Å². The highest BCUT2D eigenvalue weighted by molar-refractivity contribution is 6.08. The van der Waals surface area contributed by atoms with Crippen LogP contribution in [0.15, 0.2) is 24.3 Å². The van der Waals surface area contributed by atoms with Crippen LogP contribution in [0.1, 0.15) is 31.7 Å². The van der Waals surface area contributed by atoms with Crippen LogP contribution in [0, 0.1) is 12.8 Å². The van der Waals surface area contributed by atoms with Crippen molar-refractivity contribution in [1.82, 2.24) is 5.32 Å². The van der Waals surface area contributed by atoms with E-state index in [-0.39, 0.29) is 23.9 Å². The van der Waals surface area contributed by atoms with Crippen LogP contribution in [0.2, 0.25) is 0 Å². The summed E-state index contributed by atoms with van der Waals surface area (Å²) in [5.41, 5.74) is 1.97. The number of aryl methyl sites for hydroxylation is 1. The Hall–Kier alpha value is -1.84. The molecule has 0 bridgehead atoms. The molecule has 1 heterocycles. The standard InChI is InChI=1S/C16H20N2O2/c1-3-13-15(19)17-14(11-6-7-11)16(20)18(13)12-8-4-10(2)5-9-12/h4-5,8-9,11,13-14H,3,6-7H2,1-2H3,(H,17,19). The molecule has 1 saturated carbocycles. The molecule has 3 rings (SSSR count). The maximum absolute atomic E-state index is 12.7. The van der Waals surface area contributed by atoms with Gasteiger partial charge in [0.1, 0.15) is 12.1 Å². The Labute approximate surface area is 119 Å². The van der Waals surface area contributed by atoms with E-state index < -0.39 is 0 Å². The minimum absolute atomic E-state index is 0.0235. The van der Waals surface area contributed by atoms with E-state index in [4.69, 9.17) is 0 Å². The van der Waals surface area contributed by atoms with Crippen LogP contribution in [0.4, 0.5) is 5.69 Å². The minimum atomic E-state index is -0.389. The molecular formula is C16H20N2O2. The van der Waals surface area contributed by atoms with Crippen LogP contribution in [0.3, 0.4) is 0 Å². The zero-order chi connectivity index (χ0) is 14.3.